The third-order valence-electron chi connectivity index (χ3n) is 3.54. The molecule has 2 heterocycles. The summed E-state index contributed by atoms with van der Waals surface area (Å²) < 4.78 is 7.02. The molecule has 1 aromatic rings. The molecular weight excluding hydrogens is 322 g/mol. The predicted octanol–water partition coefficient (Wildman–Crippen LogP) is -0.953. The van der Waals surface area contributed by atoms with E-state index in [2.05, 4.69) is 15.5 Å². The van der Waals surface area contributed by atoms with Crippen molar-refractivity contribution in [2.24, 2.45) is 0 Å². The minimum Gasteiger partial charge on any atom is -0.376 e. The Morgan fingerprint density at radius 2 is 2.35 bits per heavy atom. The molecule has 10 heteroatoms. The molecule has 1 aromatic heterocycles. The average molecular weight is 343 g/mol. The van der Waals surface area contributed by atoms with Crippen molar-refractivity contribution in [1.29, 1.82) is 0 Å². The van der Waals surface area contributed by atoms with Crippen LogP contribution in [0.4, 0.5) is 0 Å². The van der Waals surface area contributed by atoms with Gasteiger partial charge in [-0.15, -0.1) is 5.10 Å². The fraction of sp³-hybridized carbons (Fsp3) is 0.692. The van der Waals surface area contributed by atoms with Gasteiger partial charge >= 0.3 is 5.69 Å². The van der Waals surface area contributed by atoms with E-state index in [9.17, 15) is 14.4 Å². The van der Waals surface area contributed by atoms with E-state index in [-0.39, 0.29) is 35.9 Å². The van der Waals surface area contributed by atoms with E-state index in [4.69, 9.17) is 4.74 Å². The Labute approximate surface area is 137 Å². The SMILES string of the molecule is CNC(=O)CN(C)C(=O)CSc1n[nH]c(=O)n1C[C@@H]1CCCO1. The number of H-pyrrole nitrogens is 1. The van der Waals surface area contributed by atoms with Crippen LogP contribution < -0.4 is 11.0 Å². The second-order valence-corrected chi connectivity index (χ2v) is 6.21. The van der Waals surface area contributed by atoms with Gasteiger partial charge in [-0.05, 0) is 12.8 Å². The first kappa shape index (κ1) is 17.5. The average Bonchev–Trinajstić information content (AvgIpc) is 3.16. The minimum atomic E-state index is -0.311. The number of hydrogen-bond acceptors (Lipinski definition) is 6. The summed E-state index contributed by atoms with van der Waals surface area (Å²) in [5.74, 6) is -0.345. The first-order chi connectivity index (χ1) is 11.0. The van der Waals surface area contributed by atoms with E-state index in [1.165, 1.54) is 16.5 Å². The van der Waals surface area contributed by atoms with Gasteiger partial charge in [-0.1, -0.05) is 11.8 Å². The summed E-state index contributed by atoms with van der Waals surface area (Å²) in [6.07, 6.45) is 1.91. The fourth-order valence-corrected chi connectivity index (χ4v) is 3.08. The Kier molecular flexibility index (Phi) is 6.22. The molecule has 1 saturated heterocycles. The zero-order valence-corrected chi connectivity index (χ0v) is 14.0. The van der Waals surface area contributed by atoms with Crippen LogP contribution in [-0.4, -0.2) is 70.6 Å². The van der Waals surface area contributed by atoms with Gasteiger partial charge in [0.05, 0.1) is 24.9 Å². The molecule has 9 nitrogen and oxygen atoms in total. The molecule has 1 fully saturated rings. The van der Waals surface area contributed by atoms with Crippen molar-refractivity contribution in [3.8, 4) is 0 Å². The molecule has 1 aliphatic heterocycles. The number of carbonyl (C=O) groups excluding carboxylic acids is 2. The van der Waals surface area contributed by atoms with Gasteiger partial charge in [0.25, 0.3) is 0 Å². The molecule has 2 N–H and O–H groups in total. The van der Waals surface area contributed by atoms with Gasteiger partial charge in [-0.3, -0.25) is 14.2 Å². The van der Waals surface area contributed by atoms with Gasteiger partial charge in [-0.2, -0.15) is 0 Å². The largest absolute Gasteiger partial charge is 0.376 e. The first-order valence-electron chi connectivity index (χ1n) is 7.35. The van der Waals surface area contributed by atoms with Crippen molar-refractivity contribution in [2.75, 3.05) is 33.0 Å². The molecule has 1 atom stereocenters. The summed E-state index contributed by atoms with van der Waals surface area (Å²) in [6.45, 7) is 1.14. The zero-order valence-electron chi connectivity index (χ0n) is 13.2. The van der Waals surface area contributed by atoms with Gasteiger partial charge in [-0.25, -0.2) is 9.89 Å². The Hall–Kier alpha value is -1.81. The highest BCUT2D eigenvalue weighted by atomic mass is 32.2. The molecule has 0 unspecified atom stereocenters. The van der Waals surface area contributed by atoms with Crippen molar-refractivity contribution in [2.45, 2.75) is 30.6 Å². The molecule has 128 valence electrons. The summed E-state index contributed by atoms with van der Waals surface area (Å²) in [5.41, 5.74) is -0.311. The molecule has 1 aliphatic rings. The highest BCUT2D eigenvalue weighted by Crippen LogP contribution is 2.18. The Morgan fingerprint density at radius 3 is 3.00 bits per heavy atom. The predicted molar refractivity (Wildman–Crippen MR) is 84.2 cm³/mol. The fourth-order valence-electron chi connectivity index (χ4n) is 2.19. The smallest absolute Gasteiger partial charge is 0.344 e. The van der Waals surface area contributed by atoms with Crippen molar-refractivity contribution < 1.29 is 14.3 Å². The molecule has 2 amide bonds. The molecule has 0 aliphatic carbocycles. The number of aromatic amines is 1. The number of carbonyl (C=O) groups is 2. The Morgan fingerprint density at radius 1 is 1.57 bits per heavy atom. The van der Waals surface area contributed by atoms with E-state index in [1.807, 2.05) is 0 Å². The number of nitrogens with one attached hydrogen (secondary N) is 2. The second-order valence-electron chi connectivity index (χ2n) is 5.27. The van der Waals surface area contributed by atoms with Gasteiger partial charge in [0.15, 0.2) is 5.16 Å². The van der Waals surface area contributed by atoms with Crippen molar-refractivity contribution in [3.63, 3.8) is 0 Å². The normalized spacial score (nSPS) is 17.2. The van der Waals surface area contributed by atoms with Crippen LogP contribution in [0.3, 0.4) is 0 Å². The second kappa shape index (κ2) is 8.16. The Bertz CT molecular complexity index is 608. The van der Waals surface area contributed by atoms with Crippen LogP contribution in [0.5, 0.6) is 0 Å². The van der Waals surface area contributed by atoms with Gasteiger partial charge < -0.3 is 15.0 Å². The lowest BCUT2D eigenvalue weighted by Crippen LogP contribution is -2.37. The molecule has 0 spiro atoms. The van der Waals surface area contributed by atoms with E-state index in [0.717, 1.165) is 24.6 Å². The molecule has 0 aromatic carbocycles. The van der Waals surface area contributed by atoms with E-state index in [0.29, 0.717) is 18.3 Å². The third-order valence-corrected chi connectivity index (χ3v) is 4.50. The Balaban J connectivity index is 1.91. The quantitative estimate of drug-likeness (QED) is 0.618. The molecule has 0 bridgehead atoms. The maximum Gasteiger partial charge on any atom is 0.344 e. The van der Waals surface area contributed by atoms with Crippen LogP contribution in [-0.2, 0) is 20.9 Å². The number of likely N-dealkylation sites (N-methyl/N-ethyl adjacent to an activating group) is 2. The number of ether oxygens (including phenoxy) is 1. The van der Waals surface area contributed by atoms with E-state index in [1.54, 1.807) is 7.05 Å². The molecule has 2 rings (SSSR count). The third kappa shape index (κ3) is 4.83. The van der Waals surface area contributed by atoms with Crippen LogP contribution in [0.25, 0.3) is 0 Å². The topological polar surface area (TPSA) is 109 Å². The summed E-state index contributed by atoms with van der Waals surface area (Å²) in [7, 11) is 3.07. The van der Waals surface area contributed by atoms with E-state index >= 15 is 0 Å². The zero-order chi connectivity index (χ0) is 16.8. The number of hydrogen-bond donors (Lipinski definition) is 2. The molecule has 23 heavy (non-hydrogen) atoms. The first-order valence-corrected chi connectivity index (χ1v) is 8.34. The number of aromatic nitrogens is 3. The number of nitrogens with zero attached hydrogens (tertiary/aromatic N) is 3. The highest BCUT2D eigenvalue weighted by molar-refractivity contribution is 7.99. The van der Waals surface area contributed by atoms with Gasteiger partial charge in [0.2, 0.25) is 11.8 Å². The van der Waals surface area contributed by atoms with Gasteiger partial charge in [0.1, 0.15) is 0 Å². The van der Waals surface area contributed by atoms with Crippen LogP contribution in [0.1, 0.15) is 12.8 Å². The lowest BCUT2D eigenvalue weighted by Gasteiger charge is -2.16. The number of rotatable bonds is 7. The summed E-state index contributed by atoms with van der Waals surface area (Å²) in [6, 6.07) is 0. The van der Waals surface area contributed by atoms with Gasteiger partial charge in [0, 0.05) is 20.7 Å². The summed E-state index contributed by atoms with van der Waals surface area (Å²) in [5, 5.41) is 9.26. The van der Waals surface area contributed by atoms with Crippen molar-refractivity contribution in [3.05, 3.63) is 10.5 Å². The maximum atomic E-state index is 12.0. The van der Waals surface area contributed by atoms with E-state index < -0.39 is 0 Å². The monoisotopic (exact) mass is 343 g/mol. The maximum absolute atomic E-state index is 12.0. The summed E-state index contributed by atoms with van der Waals surface area (Å²) >= 11 is 1.16. The minimum absolute atomic E-state index is 0.000815. The van der Waals surface area contributed by atoms with Crippen LogP contribution in [0.15, 0.2) is 9.95 Å². The highest BCUT2D eigenvalue weighted by Gasteiger charge is 2.20. The molecule has 0 radical (unpaired) electrons. The number of amides is 2. The molecular formula is C13H21N5O4S. The van der Waals surface area contributed by atoms with Crippen LogP contribution >= 0.6 is 11.8 Å². The summed E-state index contributed by atoms with van der Waals surface area (Å²) in [4.78, 5) is 36.4. The van der Waals surface area contributed by atoms with Crippen LogP contribution in [0.2, 0.25) is 0 Å². The molecule has 0 saturated carbocycles. The van der Waals surface area contributed by atoms with Crippen molar-refractivity contribution in [1.82, 2.24) is 25.0 Å². The number of thioether (sulfide) groups is 1. The lowest BCUT2D eigenvalue weighted by molar-refractivity contribution is -0.132. The van der Waals surface area contributed by atoms with Crippen molar-refractivity contribution >= 4 is 23.6 Å². The van der Waals surface area contributed by atoms with Crippen LogP contribution in [0, 0.1) is 0 Å². The lowest BCUT2D eigenvalue weighted by atomic mass is 10.2. The standard InChI is InChI=1S/C13H21N5O4S/c1-14-10(19)7-17(2)11(20)8-23-13-16-15-12(21)18(13)6-9-4-3-5-22-9/h9H,3-8H2,1-2H3,(H,14,19)(H,15,21)/t9-/m0/s1.